The van der Waals surface area contributed by atoms with Gasteiger partial charge in [-0.1, -0.05) is 6.07 Å². The van der Waals surface area contributed by atoms with Crippen LogP contribution in [0.5, 0.6) is 11.5 Å². The second-order valence-corrected chi connectivity index (χ2v) is 2.72. The Morgan fingerprint density at radius 3 is 2.54 bits per heavy atom. The summed E-state index contributed by atoms with van der Waals surface area (Å²) in [7, 11) is 1.51. The topological polar surface area (TPSA) is 55.5 Å². The molecular weight excluding hydrogens is 190 g/mol. The summed E-state index contributed by atoms with van der Waals surface area (Å²) in [5.74, 6) is 0.603. The first-order valence-corrected chi connectivity index (χ1v) is 3.77. The highest BCUT2D eigenvalue weighted by atomic mass is 35.5. The number of hydrogen-bond donors (Lipinski definition) is 2. The minimum absolute atomic E-state index is 0. The van der Waals surface area contributed by atoms with E-state index in [4.69, 9.17) is 10.5 Å². The van der Waals surface area contributed by atoms with Gasteiger partial charge in [0, 0.05) is 6.04 Å². The molecule has 0 bridgehead atoms. The molecule has 0 amide bonds. The van der Waals surface area contributed by atoms with Gasteiger partial charge in [0.15, 0.2) is 11.5 Å². The third-order valence-corrected chi connectivity index (χ3v) is 1.73. The molecule has 1 aromatic rings. The smallest absolute Gasteiger partial charge is 0.160 e. The lowest BCUT2D eigenvalue weighted by Crippen LogP contribution is -2.04. The Morgan fingerprint density at radius 1 is 1.46 bits per heavy atom. The fourth-order valence-corrected chi connectivity index (χ4v) is 0.977. The summed E-state index contributed by atoms with van der Waals surface area (Å²) in [6, 6.07) is 5.06. The van der Waals surface area contributed by atoms with Crippen LogP contribution in [0.25, 0.3) is 0 Å². The van der Waals surface area contributed by atoms with Gasteiger partial charge in [-0.3, -0.25) is 0 Å². The highest BCUT2D eigenvalue weighted by Crippen LogP contribution is 2.27. The van der Waals surface area contributed by atoms with E-state index in [-0.39, 0.29) is 24.2 Å². The van der Waals surface area contributed by atoms with Crippen LogP contribution in [-0.4, -0.2) is 12.2 Å². The monoisotopic (exact) mass is 203 g/mol. The van der Waals surface area contributed by atoms with Crippen molar-refractivity contribution in [2.24, 2.45) is 5.73 Å². The lowest BCUT2D eigenvalue weighted by atomic mass is 10.1. The first-order valence-electron chi connectivity index (χ1n) is 3.77. The molecule has 0 unspecified atom stereocenters. The summed E-state index contributed by atoms with van der Waals surface area (Å²) in [6.07, 6.45) is 0. The van der Waals surface area contributed by atoms with Crippen LogP contribution in [-0.2, 0) is 0 Å². The van der Waals surface area contributed by atoms with Gasteiger partial charge in [-0.05, 0) is 24.6 Å². The van der Waals surface area contributed by atoms with E-state index in [9.17, 15) is 5.11 Å². The van der Waals surface area contributed by atoms with Crippen LogP contribution in [0.1, 0.15) is 18.5 Å². The van der Waals surface area contributed by atoms with Crippen LogP contribution >= 0.6 is 12.4 Å². The van der Waals surface area contributed by atoms with Crippen LogP contribution in [0.15, 0.2) is 18.2 Å². The minimum atomic E-state index is -0.0421. The molecule has 1 aromatic carbocycles. The van der Waals surface area contributed by atoms with Gasteiger partial charge in [-0.25, -0.2) is 0 Å². The number of hydrogen-bond acceptors (Lipinski definition) is 3. The molecule has 0 spiro atoms. The van der Waals surface area contributed by atoms with Crippen LogP contribution < -0.4 is 10.5 Å². The highest BCUT2D eigenvalue weighted by Gasteiger charge is 2.04. The number of halogens is 1. The van der Waals surface area contributed by atoms with E-state index < -0.39 is 0 Å². The maximum atomic E-state index is 9.25. The predicted molar refractivity (Wildman–Crippen MR) is 54.5 cm³/mol. The number of ether oxygens (including phenoxy) is 1. The first kappa shape index (κ1) is 12.1. The Labute approximate surface area is 83.9 Å². The lowest BCUT2D eigenvalue weighted by molar-refractivity contribution is 0.372. The summed E-state index contributed by atoms with van der Waals surface area (Å²) in [5, 5.41) is 9.25. The van der Waals surface area contributed by atoms with Gasteiger partial charge in [0.2, 0.25) is 0 Å². The molecule has 0 aromatic heterocycles. The number of aromatic hydroxyl groups is 1. The van der Waals surface area contributed by atoms with E-state index in [1.54, 1.807) is 18.2 Å². The molecule has 74 valence electrons. The number of rotatable bonds is 2. The number of methoxy groups -OCH3 is 1. The van der Waals surface area contributed by atoms with E-state index in [2.05, 4.69) is 0 Å². The fourth-order valence-electron chi connectivity index (χ4n) is 0.977. The molecule has 0 heterocycles. The van der Waals surface area contributed by atoms with Gasteiger partial charge in [0.1, 0.15) is 0 Å². The molecule has 13 heavy (non-hydrogen) atoms. The van der Waals surface area contributed by atoms with Crippen molar-refractivity contribution in [3.05, 3.63) is 23.8 Å². The van der Waals surface area contributed by atoms with E-state index in [1.165, 1.54) is 7.11 Å². The Bertz CT molecular complexity index is 276. The van der Waals surface area contributed by atoms with Gasteiger partial charge in [0.25, 0.3) is 0 Å². The SMILES string of the molecule is COc1cc([C@H](C)N)ccc1O.Cl. The molecule has 0 saturated carbocycles. The second kappa shape index (κ2) is 4.94. The molecule has 1 rings (SSSR count). The Morgan fingerprint density at radius 2 is 2.08 bits per heavy atom. The van der Waals surface area contributed by atoms with E-state index in [0.717, 1.165) is 5.56 Å². The standard InChI is InChI=1S/C9H13NO2.ClH/c1-6(10)7-3-4-8(11)9(5-7)12-2;/h3-6,11H,10H2,1-2H3;1H/t6-;/m0./s1. The molecule has 3 N–H and O–H groups in total. The Hall–Kier alpha value is -0.930. The highest BCUT2D eigenvalue weighted by molar-refractivity contribution is 5.85. The van der Waals surface area contributed by atoms with Crippen molar-refractivity contribution in [2.75, 3.05) is 7.11 Å². The van der Waals surface area contributed by atoms with Gasteiger partial charge >= 0.3 is 0 Å². The molecule has 4 heteroatoms. The molecular formula is C9H14ClNO2. The third-order valence-electron chi connectivity index (χ3n) is 1.73. The zero-order valence-electron chi connectivity index (χ0n) is 7.65. The average molecular weight is 204 g/mol. The van der Waals surface area contributed by atoms with Gasteiger partial charge in [-0.15, -0.1) is 12.4 Å². The van der Waals surface area contributed by atoms with Gasteiger partial charge in [0.05, 0.1) is 7.11 Å². The Kier molecular flexibility index (Phi) is 4.59. The van der Waals surface area contributed by atoms with Gasteiger partial charge in [-0.2, -0.15) is 0 Å². The molecule has 0 saturated heterocycles. The summed E-state index contributed by atoms with van der Waals surface area (Å²) in [6.45, 7) is 1.88. The van der Waals surface area contributed by atoms with Gasteiger partial charge < -0.3 is 15.6 Å². The van der Waals surface area contributed by atoms with Crippen LogP contribution in [0.3, 0.4) is 0 Å². The van der Waals surface area contributed by atoms with Crippen molar-refractivity contribution in [3.8, 4) is 11.5 Å². The quantitative estimate of drug-likeness (QED) is 0.771. The summed E-state index contributed by atoms with van der Waals surface area (Å²) in [4.78, 5) is 0. The molecule has 1 atom stereocenters. The van der Waals surface area contributed by atoms with Crippen molar-refractivity contribution < 1.29 is 9.84 Å². The summed E-state index contributed by atoms with van der Waals surface area (Å²) >= 11 is 0. The molecule has 0 fully saturated rings. The van der Waals surface area contributed by atoms with Crippen molar-refractivity contribution in [3.63, 3.8) is 0 Å². The van der Waals surface area contributed by atoms with Crippen molar-refractivity contribution in [2.45, 2.75) is 13.0 Å². The first-order chi connectivity index (χ1) is 5.65. The minimum Gasteiger partial charge on any atom is -0.504 e. The van der Waals surface area contributed by atoms with E-state index in [1.807, 2.05) is 6.92 Å². The molecule has 0 radical (unpaired) electrons. The molecule has 0 aliphatic rings. The molecule has 0 aliphatic heterocycles. The zero-order valence-corrected chi connectivity index (χ0v) is 8.47. The van der Waals surface area contributed by atoms with Crippen LogP contribution in [0.2, 0.25) is 0 Å². The summed E-state index contributed by atoms with van der Waals surface area (Å²) in [5.41, 5.74) is 6.60. The van der Waals surface area contributed by atoms with Crippen LogP contribution in [0.4, 0.5) is 0 Å². The van der Waals surface area contributed by atoms with Crippen molar-refractivity contribution in [1.29, 1.82) is 0 Å². The third kappa shape index (κ3) is 2.79. The maximum Gasteiger partial charge on any atom is 0.160 e. The largest absolute Gasteiger partial charge is 0.504 e. The van der Waals surface area contributed by atoms with Crippen molar-refractivity contribution >= 4 is 12.4 Å². The molecule has 0 aliphatic carbocycles. The normalized spacial score (nSPS) is 11.6. The lowest BCUT2D eigenvalue weighted by Gasteiger charge is -2.08. The number of phenolic OH excluding ortho intramolecular Hbond substituents is 1. The van der Waals surface area contributed by atoms with E-state index >= 15 is 0 Å². The second-order valence-electron chi connectivity index (χ2n) is 2.72. The Balaban J connectivity index is 0.00000144. The number of phenols is 1. The predicted octanol–water partition coefficient (Wildman–Crippen LogP) is 1.84. The van der Waals surface area contributed by atoms with E-state index in [0.29, 0.717) is 5.75 Å². The maximum absolute atomic E-state index is 9.25. The van der Waals surface area contributed by atoms with Crippen molar-refractivity contribution in [1.82, 2.24) is 0 Å². The summed E-state index contributed by atoms with van der Waals surface area (Å²) < 4.78 is 4.93. The average Bonchev–Trinajstić information content (AvgIpc) is 2.05. The fraction of sp³-hybridized carbons (Fsp3) is 0.333. The molecule has 3 nitrogen and oxygen atoms in total. The zero-order chi connectivity index (χ0) is 9.14. The number of nitrogens with two attached hydrogens (primary N) is 1. The van der Waals surface area contributed by atoms with Crippen LogP contribution in [0, 0.1) is 0 Å². The number of benzene rings is 1.